The molecule has 0 amide bonds. The second kappa shape index (κ2) is 4.44. The third-order valence-corrected chi connectivity index (χ3v) is 2.08. The molecule has 0 fully saturated rings. The Kier molecular flexibility index (Phi) is 2.82. The standard InChI is InChI=1S/C12H11N3O/c13-12(9-5-7-14-8-6-9)15-10-1-3-11(16)4-2-10/h1-8,16H,(H2,13,15). The van der Waals surface area contributed by atoms with Crippen molar-refractivity contribution in [2.24, 2.45) is 10.7 Å². The van der Waals surface area contributed by atoms with E-state index in [1.807, 2.05) is 0 Å². The summed E-state index contributed by atoms with van der Waals surface area (Å²) in [6.45, 7) is 0. The Hall–Kier alpha value is -2.36. The van der Waals surface area contributed by atoms with Gasteiger partial charge < -0.3 is 10.8 Å². The molecule has 0 aliphatic rings. The smallest absolute Gasteiger partial charge is 0.131 e. The maximum Gasteiger partial charge on any atom is 0.131 e. The van der Waals surface area contributed by atoms with E-state index in [-0.39, 0.29) is 5.75 Å². The van der Waals surface area contributed by atoms with Crippen molar-refractivity contribution >= 4 is 11.5 Å². The monoisotopic (exact) mass is 213 g/mol. The van der Waals surface area contributed by atoms with Gasteiger partial charge in [0.2, 0.25) is 0 Å². The first-order valence-corrected chi connectivity index (χ1v) is 4.79. The normalized spacial score (nSPS) is 11.4. The molecule has 0 unspecified atom stereocenters. The van der Waals surface area contributed by atoms with Crippen LogP contribution < -0.4 is 5.73 Å². The van der Waals surface area contributed by atoms with E-state index in [0.717, 1.165) is 5.56 Å². The summed E-state index contributed by atoms with van der Waals surface area (Å²) < 4.78 is 0. The number of pyridine rings is 1. The van der Waals surface area contributed by atoms with Crippen LogP contribution in [0.4, 0.5) is 5.69 Å². The summed E-state index contributed by atoms with van der Waals surface area (Å²) in [5, 5.41) is 9.12. The van der Waals surface area contributed by atoms with Crippen molar-refractivity contribution in [1.82, 2.24) is 4.98 Å². The largest absolute Gasteiger partial charge is 0.508 e. The van der Waals surface area contributed by atoms with E-state index in [9.17, 15) is 0 Å². The van der Waals surface area contributed by atoms with E-state index >= 15 is 0 Å². The molecule has 0 saturated heterocycles. The second-order valence-electron chi connectivity index (χ2n) is 3.25. The molecule has 0 aliphatic carbocycles. The molecule has 2 rings (SSSR count). The van der Waals surface area contributed by atoms with Crippen molar-refractivity contribution in [1.29, 1.82) is 0 Å². The fourth-order valence-corrected chi connectivity index (χ4v) is 1.25. The number of aromatic nitrogens is 1. The number of aromatic hydroxyl groups is 1. The fourth-order valence-electron chi connectivity index (χ4n) is 1.25. The highest BCUT2D eigenvalue weighted by atomic mass is 16.3. The zero-order valence-corrected chi connectivity index (χ0v) is 8.54. The van der Waals surface area contributed by atoms with Gasteiger partial charge in [-0.3, -0.25) is 4.98 Å². The van der Waals surface area contributed by atoms with Crippen LogP contribution in [0.15, 0.2) is 53.8 Å². The molecular formula is C12H11N3O. The van der Waals surface area contributed by atoms with Gasteiger partial charge in [-0.1, -0.05) is 0 Å². The Balaban J connectivity index is 2.28. The maximum absolute atomic E-state index is 9.12. The molecule has 2 aromatic rings. The molecule has 0 atom stereocenters. The Morgan fingerprint density at radius 1 is 1.06 bits per heavy atom. The molecule has 0 saturated carbocycles. The first-order chi connectivity index (χ1) is 7.75. The van der Waals surface area contributed by atoms with Gasteiger partial charge in [0.05, 0.1) is 5.69 Å². The lowest BCUT2D eigenvalue weighted by molar-refractivity contribution is 0.475. The number of benzene rings is 1. The van der Waals surface area contributed by atoms with E-state index in [2.05, 4.69) is 9.98 Å². The van der Waals surface area contributed by atoms with Crippen LogP contribution in [0.3, 0.4) is 0 Å². The molecule has 0 spiro atoms. The number of nitrogens with two attached hydrogens (primary N) is 1. The lowest BCUT2D eigenvalue weighted by atomic mass is 10.2. The van der Waals surface area contributed by atoms with Crippen molar-refractivity contribution in [2.45, 2.75) is 0 Å². The molecule has 80 valence electrons. The number of phenols is 1. The van der Waals surface area contributed by atoms with Gasteiger partial charge in [-0.25, -0.2) is 4.99 Å². The van der Waals surface area contributed by atoms with Crippen LogP contribution >= 0.6 is 0 Å². The van der Waals surface area contributed by atoms with Gasteiger partial charge in [-0.2, -0.15) is 0 Å². The van der Waals surface area contributed by atoms with Gasteiger partial charge in [0, 0.05) is 18.0 Å². The topological polar surface area (TPSA) is 71.5 Å². The Morgan fingerprint density at radius 3 is 2.31 bits per heavy atom. The van der Waals surface area contributed by atoms with Gasteiger partial charge in [0.1, 0.15) is 11.6 Å². The minimum Gasteiger partial charge on any atom is -0.508 e. The zero-order chi connectivity index (χ0) is 11.4. The molecule has 1 heterocycles. The van der Waals surface area contributed by atoms with Crippen molar-refractivity contribution < 1.29 is 5.11 Å². The summed E-state index contributed by atoms with van der Waals surface area (Å²) in [6, 6.07) is 10.1. The van der Waals surface area contributed by atoms with Crippen molar-refractivity contribution in [2.75, 3.05) is 0 Å². The number of phenolic OH excluding ortho intramolecular Hbond substituents is 1. The Morgan fingerprint density at radius 2 is 1.69 bits per heavy atom. The second-order valence-corrected chi connectivity index (χ2v) is 3.25. The number of aliphatic imine (C=N–C) groups is 1. The highest BCUT2D eigenvalue weighted by Gasteiger charge is 1.97. The lowest BCUT2D eigenvalue weighted by Gasteiger charge is -2.00. The average Bonchev–Trinajstić information content (AvgIpc) is 2.33. The molecule has 4 heteroatoms. The predicted octanol–water partition coefficient (Wildman–Crippen LogP) is 1.82. The first-order valence-electron chi connectivity index (χ1n) is 4.79. The number of nitrogens with zero attached hydrogens (tertiary/aromatic N) is 2. The van der Waals surface area contributed by atoms with Crippen LogP contribution in [-0.4, -0.2) is 15.9 Å². The number of amidine groups is 1. The van der Waals surface area contributed by atoms with Crippen LogP contribution in [0.25, 0.3) is 0 Å². The average molecular weight is 213 g/mol. The van der Waals surface area contributed by atoms with Crippen molar-refractivity contribution in [3.05, 3.63) is 54.4 Å². The molecule has 0 radical (unpaired) electrons. The molecule has 3 N–H and O–H groups in total. The summed E-state index contributed by atoms with van der Waals surface area (Å²) >= 11 is 0. The quantitative estimate of drug-likeness (QED) is 0.590. The SMILES string of the molecule is NC(=Nc1ccc(O)cc1)c1ccncc1. The zero-order valence-electron chi connectivity index (χ0n) is 8.54. The maximum atomic E-state index is 9.12. The third kappa shape index (κ3) is 2.36. The van der Waals surface area contributed by atoms with E-state index < -0.39 is 0 Å². The molecule has 0 aliphatic heterocycles. The van der Waals surface area contributed by atoms with E-state index in [0.29, 0.717) is 11.5 Å². The van der Waals surface area contributed by atoms with Crippen LogP contribution in [0.2, 0.25) is 0 Å². The minimum absolute atomic E-state index is 0.210. The molecule has 16 heavy (non-hydrogen) atoms. The van der Waals surface area contributed by atoms with Gasteiger partial charge in [-0.15, -0.1) is 0 Å². The summed E-state index contributed by atoms with van der Waals surface area (Å²) in [6.07, 6.45) is 3.32. The first kappa shape index (κ1) is 10.2. The lowest BCUT2D eigenvalue weighted by Crippen LogP contribution is -2.12. The fraction of sp³-hybridized carbons (Fsp3) is 0. The van der Waals surface area contributed by atoms with Crippen molar-refractivity contribution in [3.8, 4) is 5.75 Å². The summed E-state index contributed by atoms with van der Waals surface area (Å²) in [7, 11) is 0. The van der Waals surface area contributed by atoms with Gasteiger partial charge in [0.15, 0.2) is 0 Å². The summed E-state index contributed by atoms with van der Waals surface area (Å²) in [4.78, 5) is 8.13. The van der Waals surface area contributed by atoms with Crippen molar-refractivity contribution in [3.63, 3.8) is 0 Å². The molecule has 1 aromatic carbocycles. The Labute approximate surface area is 93.1 Å². The van der Waals surface area contributed by atoms with Crippen LogP contribution in [-0.2, 0) is 0 Å². The highest BCUT2D eigenvalue weighted by Crippen LogP contribution is 2.17. The molecule has 0 bridgehead atoms. The third-order valence-electron chi connectivity index (χ3n) is 2.08. The summed E-state index contributed by atoms with van der Waals surface area (Å²) in [5.74, 6) is 0.634. The van der Waals surface area contributed by atoms with E-state index in [4.69, 9.17) is 10.8 Å². The van der Waals surface area contributed by atoms with Crippen LogP contribution in [0.5, 0.6) is 5.75 Å². The number of rotatable bonds is 2. The Bertz CT molecular complexity index is 491. The molecule has 4 nitrogen and oxygen atoms in total. The number of hydrogen-bond acceptors (Lipinski definition) is 3. The van der Waals surface area contributed by atoms with E-state index in [1.165, 1.54) is 0 Å². The van der Waals surface area contributed by atoms with Gasteiger partial charge >= 0.3 is 0 Å². The molecule has 1 aromatic heterocycles. The number of hydrogen-bond donors (Lipinski definition) is 2. The predicted molar refractivity (Wildman–Crippen MR) is 62.7 cm³/mol. The van der Waals surface area contributed by atoms with Crippen LogP contribution in [0.1, 0.15) is 5.56 Å². The minimum atomic E-state index is 0.210. The van der Waals surface area contributed by atoms with E-state index in [1.54, 1.807) is 48.8 Å². The highest BCUT2D eigenvalue weighted by molar-refractivity contribution is 5.98. The van der Waals surface area contributed by atoms with Gasteiger partial charge in [-0.05, 0) is 36.4 Å². The molecular weight excluding hydrogens is 202 g/mol. The van der Waals surface area contributed by atoms with Crippen LogP contribution in [0, 0.1) is 0 Å². The summed E-state index contributed by atoms with van der Waals surface area (Å²) in [5.41, 5.74) is 7.35. The van der Waals surface area contributed by atoms with Gasteiger partial charge in [0.25, 0.3) is 0 Å².